The summed E-state index contributed by atoms with van der Waals surface area (Å²) in [4.78, 5) is 50.2. The summed E-state index contributed by atoms with van der Waals surface area (Å²) in [6, 6.07) is 10.1. The SMILES string of the molecule is CC(C)OC(=O)COc1ccc(/C=C2\C(=O)NC(=O)N(c3ccc4c(c3)OCO4)C2=O)cc1. The number of hydrogen-bond donors (Lipinski definition) is 1. The highest BCUT2D eigenvalue weighted by atomic mass is 16.7. The van der Waals surface area contributed by atoms with Gasteiger partial charge in [-0.3, -0.25) is 14.9 Å². The van der Waals surface area contributed by atoms with E-state index in [9.17, 15) is 19.2 Å². The van der Waals surface area contributed by atoms with Crippen molar-refractivity contribution in [1.82, 2.24) is 5.32 Å². The van der Waals surface area contributed by atoms with Gasteiger partial charge in [-0.1, -0.05) is 12.1 Å². The maximum Gasteiger partial charge on any atom is 0.344 e. The van der Waals surface area contributed by atoms with E-state index in [0.717, 1.165) is 4.90 Å². The van der Waals surface area contributed by atoms with Gasteiger partial charge in [-0.15, -0.1) is 0 Å². The van der Waals surface area contributed by atoms with Gasteiger partial charge in [-0.25, -0.2) is 14.5 Å². The lowest BCUT2D eigenvalue weighted by molar-refractivity contribution is -0.149. The number of urea groups is 1. The predicted molar refractivity (Wildman–Crippen MR) is 115 cm³/mol. The van der Waals surface area contributed by atoms with Crippen LogP contribution < -0.4 is 24.4 Å². The molecule has 0 unspecified atom stereocenters. The number of rotatable bonds is 6. The third kappa shape index (κ3) is 4.79. The minimum absolute atomic E-state index is 0.0428. The Morgan fingerprint density at radius 2 is 1.82 bits per heavy atom. The summed E-state index contributed by atoms with van der Waals surface area (Å²) in [6.07, 6.45) is 1.12. The number of fused-ring (bicyclic) bond motifs is 1. The number of carbonyl (C=O) groups excluding carboxylic acids is 4. The molecule has 1 saturated heterocycles. The number of barbiturate groups is 1. The van der Waals surface area contributed by atoms with Crippen LogP contribution in [-0.4, -0.2) is 43.3 Å². The van der Waals surface area contributed by atoms with Crippen molar-refractivity contribution >= 4 is 35.6 Å². The van der Waals surface area contributed by atoms with Crippen LogP contribution in [0, 0.1) is 0 Å². The highest BCUT2D eigenvalue weighted by Gasteiger charge is 2.37. The Kier molecular flexibility index (Phi) is 5.99. The first kappa shape index (κ1) is 21.9. The molecule has 1 N–H and O–H groups in total. The highest BCUT2D eigenvalue weighted by Crippen LogP contribution is 2.36. The fourth-order valence-electron chi connectivity index (χ4n) is 3.18. The zero-order valence-corrected chi connectivity index (χ0v) is 17.8. The lowest BCUT2D eigenvalue weighted by Gasteiger charge is -2.26. The molecule has 10 heteroatoms. The number of benzene rings is 2. The van der Waals surface area contributed by atoms with E-state index >= 15 is 0 Å². The monoisotopic (exact) mass is 452 g/mol. The van der Waals surface area contributed by atoms with Gasteiger partial charge in [0, 0.05) is 6.07 Å². The van der Waals surface area contributed by atoms with E-state index in [1.54, 1.807) is 44.2 Å². The van der Waals surface area contributed by atoms with Crippen molar-refractivity contribution in [3.8, 4) is 17.2 Å². The number of hydrogen-bond acceptors (Lipinski definition) is 8. The van der Waals surface area contributed by atoms with Gasteiger partial charge in [-0.05, 0) is 49.8 Å². The third-order valence-corrected chi connectivity index (χ3v) is 4.63. The lowest BCUT2D eigenvalue weighted by atomic mass is 10.1. The Morgan fingerprint density at radius 1 is 1.09 bits per heavy atom. The van der Waals surface area contributed by atoms with Gasteiger partial charge in [-0.2, -0.15) is 0 Å². The first-order valence-electron chi connectivity index (χ1n) is 10.1. The van der Waals surface area contributed by atoms with Gasteiger partial charge in [0.05, 0.1) is 11.8 Å². The van der Waals surface area contributed by atoms with E-state index in [-0.39, 0.29) is 30.8 Å². The smallest absolute Gasteiger partial charge is 0.344 e. The van der Waals surface area contributed by atoms with Gasteiger partial charge < -0.3 is 18.9 Å². The summed E-state index contributed by atoms with van der Waals surface area (Å²) in [5, 5.41) is 2.17. The molecule has 2 aliphatic heterocycles. The van der Waals surface area contributed by atoms with Crippen LogP contribution in [-0.2, 0) is 19.1 Å². The summed E-state index contributed by atoms with van der Waals surface area (Å²) >= 11 is 0. The number of nitrogens with one attached hydrogen (secondary N) is 1. The highest BCUT2D eigenvalue weighted by molar-refractivity contribution is 6.39. The molecule has 2 aliphatic rings. The van der Waals surface area contributed by atoms with Crippen LogP contribution in [0.5, 0.6) is 17.2 Å². The largest absolute Gasteiger partial charge is 0.482 e. The molecule has 2 aromatic rings. The molecule has 0 saturated carbocycles. The minimum atomic E-state index is -0.863. The molecule has 0 bridgehead atoms. The number of esters is 1. The molecular formula is C23H20N2O8. The quantitative estimate of drug-likeness (QED) is 0.403. The number of anilines is 1. The van der Waals surface area contributed by atoms with Gasteiger partial charge in [0.25, 0.3) is 11.8 Å². The van der Waals surface area contributed by atoms with Gasteiger partial charge >= 0.3 is 12.0 Å². The molecule has 1 fully saturated rings. The second kappa shape index (κ2) is 9.03. The molecule has 2 heterocycles. The lowest BCUT2D eigenvalue weighted by Crippen LogP contribution is -2.54. The molecule has 170 valence electrons. The number of ether oxygens (including phenoxy) is 4. The van der Waals surface area contributed by atoms with E-state index < -0.39 is 23.8 Å². The molecule has 0 aromatic heterocycles. The molecule has 4 amide bonds. The van der Waals surface area contributed by atoms with E-state index in [1.165, 1.54) is 18.2 Å². The van der Waals surface area contributed by atoms with Crippen molar-refractivity contribution in [3.63, 3.8) is 0 Å². The number of nitrogens with zero attached hydrogens (tertiary/aromatic N) is 1. The predicted octanol–water partition coefficient (Wildman–Crippen LogP) is 2.41. The van der Waals surface area contributed by atoms with E-state index in [4.69, 9.17) is 18.9 Å². The van der Waals surface area contributed by atoms with Crippen molar-refractivity contribution in [2.24, 2.45) is 0 Å². The molecule has 4 rings (SSSR count). The van der Waals surface area contributed by atoms with Gasteiger partial charge in [0.2, 0.25) is 6.79 Å². The Balaban J connectivity index is 1.51. The topological polar surface area (TPSA) is 120 Å². The molecule has 10 nitrogen and oxygen atoms in total. The van der Waals surface area contributed by atoms with E-state index in [2.05, 4.69) is 5.32 Å². The molecule has 0 atom stereocenters. The number of carbonyl (C=O) groups is 4. The van der Waals surface area contributed by atoms with E-state index in [0.29, 0.717) is 22.8 Å². The molecule has 0 spiro atoms. The summed E-state index contributed by atoms with van der Waals surface area (Å²) in [5.74, 6) is -0.778. The normalized spacial score (nSPS) is 16.3. The summed E-state index contributed by atoms with van der Waals surface area (Å²) in [6.45, 7) is 3.28. The van der Waals surface area contributed by atoms with Crippen LogP contribution in [0.2, 0.25) is 0 Å². The van der Waals surface area contributed by atoms with Crippen LogP contribution in [0.3, 0.4) is 0 Å². The van der Waals surface area contributed by atoms with Crippen molar-refractivity contribution in [2.75, 3.05) is 18.3 Å². The second-order valence-corrected chi connectivity index (χ2v) is 7.39. The third-order valence-electron chi connectivity index (χ3n) is 4.63. The second-order valence-electron chi connectivity index (χ2n) is 7.39. The Morgan fingerprint density at radius 3 is 2.55 bits per heavy atom. The van der Waals surface area contributed by atoms with E-state index in [1.807, 2.05) is 0 Å². The maximum absolute atomic E-state index is 13.0. The zero-order chi connectivity index (χ0) is 23.5. The standard InChI is InChI=1S/C23H20N2O8/c1-13(2)33-20(26)11-30-16-6-3-14(4-7-16)9-17-21(27)24-23(29)25(22(17)28)15-5-8-18-19(10-15)32-12-31-18/h3-10,13H,11-12H2,1-2H3,(H,24,27,29)/b17-9+. The first-order chi connectivity index (χ1) is 15.8. The number of imide groups is 2. The summed E-state index contributed by atoms with van der Waals surface area (Å²) in [7, 11) is 0. The summed E-state index contributed by atoms with van der Waals surface area (Å²) < 4.78 is 20.9. The molecule has 0 aliphatic carbocycles. The van der Waals surface area contributed by atoms with Crippen LogP contribution in [0.4, 0.5) is 10.5 Å². The van der Waals surface area contributed by atoms with Crippen molar-refractivity contribution in [1.29, 1.82) is 0 Å². The fourth-order valence-corrected chi connectivity index (χ4v) is 3.18. The van der Waals surface area contributed by atoms with Crippen LogP contribution in [0.1, 0.15) is 19.4 Å². The average Bonchev–Trinajstić information content (AvgIpc) is 3.23. The van der Waals surface area contributed by atoms with Crippen LogP contribution in [0.15, 0.2) is 48.0 Å². The molecular weight excluding hydrogens is 432 g/mol. The zero-order valence-electron chi connectivity index (χ0n) is 17.8. The van der Waals surface area contributed by atoms with Crippen LogP contribution >= 0.6 is 0 Å². The Hall–Kier alpha value is -4.34. The van der Waals surface area contributed by atoms with Crippen LogP contribution in [0.25, 0.3) is 6.08 Å². The molecule has 2 aromatic carbocycles. The molecule has 0 radical (unpaired) electrons. The Bertz CT molecular complexity index is 1150. The average molecular weight is 452 g/mol. The number of amides is 4. The van der Waals surface area contributed by atoms with Crippen molar-refractivity contribution in [2.45, 2.75) is 20.0 Å². The molecule has 33 heavy (non-hydrogen) atoms. The van der Waals surface area contributed by atoms with Gasteiger partial charge in [0.15, 0.2) is 18.1 Å². The first-order valence-corrected chi connectivity index (χ1v) is 10.1. The summed E-state index contributed by atoms with van der Waals surface area (Å²) in [5.41, 5.74) is 0.532. The maximum atomic E-state index is 13.0. The minimum Gasteiger partial charge on any atom is -0.482 e. The van der Waals surface area contributed by atoms with Gasteiger partial charge in [0.1, 0.15) is 11.3 Å². The Labute approximate surface area is 188 Å². The fraction of sp³-hybridized carbons (Fsp3) is 0.217. The van der Waals surface area contributed by atoms with Crippen molar-refractivity contribution in [3.05, 3.63) is 53.6 Å². The van der Waals surface area contributed by atoms with Crippen molar-refractivity contribution < 1.29 is 38.1 Å².